The number of nitrogens with zero attached hydrogens (tertiary/aromatic N) is 8. The van der Waals surface area contributed by atoms with Gasteiger partial charge in [0.2, 0.25) is 26.0 Å². The molecule has 0 saturated heterocycles. The van der Waals surface area contributed by atoms with E-state index in [2.05, 4.69) is 31.3 Å². The van der Waals surface area contributed by atoms with Crippen molar-refractivity contribution in [2.75, 3.05) is 22.0 Å². The molecule has 15 heteroatoms. The van der Waals surface area contributed by atoms with Crippen LogP contribution < -0.4 is 9.44 Å². The number of pyridine rings is 1. The van der Waals surface area contributed by atoms with E-state index >= 15 is 0 Å². The maximum Gasteiger partial charge on any atom is 0.246 e. The van der Waals surface area contributed by atoms with E-state index < -0.39 is 20.0 Å². The van der Waals surface area contributed by atoms with Crippen LogP contribution in [-0.2, 0) is 26.6 Å². The van der Waals surface area contributed by atoms with E-state index in [4.69, 9.17) is 11.0 Å². The molecule has 0 aliphatic heterocycles. The second kappa shape index (κ2) is 9.32. The van der Waals surface area contributed by atoms with Gasteiger partial charge in [0, 0.05) is 5.56 Å². The first kappa shape index (κ1) is 24.7. The van der Waals surface area contributed by atoms with Gasteiger partial charge in [0.05, 0.1) is 54.0 Å². The lowest BCUT2D eigenvalue weighted by Crippen LogP contribution is -2.36. The largest absolute Gasteiger partial charge is 0.368 e. The normalized spacial score (nSPS) is 11.7. The summed E-state index contributed by atoms with van der Waals surface area (Å²) in [7, 11) is -8.26. The molecule has 0 saturated carbocycles. The van der Waals surface area contributed by atoms with E-state index in [1.165, 1.54) is 16.8 Å². The van der Waals surface area contributed by atoms with Gasteiger partial charge in [-0.05, 0) is 30.3 Å². The van der Waals surface area contributed by atoms with Gasteiger partial charge in [-0.3, -0.25) is 0 Å². The molecule has 36 heavy (non-hydrogen) atoms. The monoisotopic (exact) mass is 525 g/mol. The Morgan fingerprint density at radius 1 is 0.944 bits per heavy atom. The van der Waals surface area contributed by atoms with E-state index in [-0.39, 0.29) is 22.0 Å². The third-order valence-corrected chi connectivity index (χ3v) is 7.94. The smallest absolute Gasteiger partial charge is 0.246 e. The molecule has 4 rings (SSSR count). The molecule has 0 spiro atoms. The first-order chi connectivity index (χ1) is 16.9. The average molecular weight is 526 g/mol. The van der Waals surface area contributed by atoms with E-state index in [1.54, 1.807) is 42.6 Å². The van der Waals surface area contributed by atoms with Crippen LogP contribution in [-0.4, -0.2) is 59.3 Å². The summed E-state index contributed by atoms with van der Waals surface area (Å²) >= 11 is 0. The molecule has 1 aromatic carbocycles. The first-order valence-corrected chi connectivity index (χ1v) is 13.9. The zero-order valence-corrected chi connectivity index (χ0v) is 20.6. The Morgan fingerprint density at radius 3 is 2.33 bits per heavy atom. The summed E-state index contributed by atoms with van der Waals surface area (Å²) in [5.74, 6) is -0.249. The SMILES string of the molecule is CS(=O)(=O)N(c1cccc(Cn2cc(-c3cc(-c4cccc(C#N)c4)nc(N)n3)nn2)n1)S(C)(=O)=O. The second-order valence-corrected chi connectivity index (χ2v) is 11.6. The summed E-state index contributed by atoms with van der Waals surface area (Å²) in [6, 6.07) is 15.0. The molecule has 0 atom stereocenters. The molecule has 0 bridgehead atoms. The number of nitrogen functional groups attached to an aromatic ring is 1. The van der Waals surface area contributed by atoms with Crippen LogP contribution in [0.5, 0.6) is 0 Å². The van der Waals surface area contributed by atoms with Crippen LogP contribution >= 0.6 is 0 Å². The third kappa shape index (κ3) is 5.45. The minimum Gasteiger partial charge on any atom is -0.368 e. The molecule has 0 fully saturated rings. The highest BCUT2D eigenvalue weighted by molar-refractivity contribution is 8.09. The highest BCUT2D eigenvalue weighted by atomic mass is 32.3. The number of sulfonamides is 2. The Bertz CT molecular complexity index is 1680. The van der Waals surface area contributed by atoms with E-state index in [9.17, 15) is 16.8 Å². The Labute approximate surface area is 207 Å². The van der Waals surface area contributed by atoms with Crippen LogP contribution in [0, 0.1) is 11.3 Å². The van der Waals surface area contributed by atoms with E-state index in [1.807, 2.05) is 0 Å². The molecule has 0 radical (unpaired) electrons. The molecule has 0 aliphatic rings. The molecule has 4 aromatic rings. The summed E-state index contributed by atoms with van der Waals surface area (Å²) in [6.45, 7) is 0.0693. The van der Waals surface area contributed by atoms with Crippen molar-refractivity contribution in [3.63, 3.8) is 0 Å². The predicted octanol–water partition coefficient (Wildman–Crippen LogP) is 1.02. The fourth-order valence-electron chi connectivity index (χ4n) is 3.39. The van der Waals surface area contributed by atoms with Crippen molar-refractivity contribution in [3.8, 4) is 28.7 Å². The lowest BCUT2D eigenvalue weighted by atomic mass is 10.1. The molecular formula is C21H19N9O4S2. The van der Waals surface area contributed by atoms with Gasteiger partial charge in [0.1, 0.15) is 5.69 Å². The van der Waals surface area contributed by atoms with Crippen molar-refractivity contribution in [3.05, 3.63) is 66.0 Å². The zero-order valence-electron chi connectivity index (χ0n) is 19.0. The summed E-state index contributed by atoms with van der Waals surface area (Å²) < 4.78 is 49.9. The van der Waals surface area contributed by atoms with Crippen LogP contribution in [0.2, 0.25) is 0 Å². The van der Waals surface area contributed by atoms with Gasteiger partial charge in [0.25, 0.3) is 0 Å². The minimum atomic E-state index is -4.13. The Balaban J connectivity index is 1.63. The quantitative estimate of drug-likeness (QED) is 0.362. The highest BCUT2D eigenvalue weighted by Gasteiger charge is 2.28. The number of benzene rings is 1. The number of hydrogen-bond acceptors (Lipinski definition) is 11. The number of nitrogens with two attached hydrogens (primary N) is 1. The van der Waals surface area contributed by atoms with Crippen molar-refractivity contribution in [2.24, 2.45) is 0 Å². The molecule has 0 unspecified atom stereocenters. The summed E-state index contributed by atoms with van der Waals surface area (Å²) in [4.78, 5) is 12.6. The number of hydrogen-bond donors (Lipinski definition) is 1. The van der Waals surface area contributed by atoms with Crippen LogP contribution in [0.4, 0.5) is 11.8 Å². The van der Waals surface area contributed by atoms with Gasteiger partial charge in [-0.15, -0.1) is 8.81 Å². The molecule has 0 amide bonds. The third-order valence-electron chi connectivity index (χ3n) is 4.74. The van der Waals surface area contributed by atoms with Crippen molar-refractivity contribution >= 4 is 31.8 Å². The molecular weight excluding hydrogens is 506 g/mol. The lowest BCUT2D eigenvalue weighted by Gasteiger charge is -2.19. The average Bonchev–Trinajstić information content (AvgIpc) is 3.25. The number of aromatic nitrogens is 6. The molecule has 3 aromatic heterocycles. The van der Waals surface area contributed by atoms with Crippen LogP contribution in [0.15, 0.2) is 54.7 Å². The summed E-state index contributed by atoms with van der Waals surface area (Å²) in [5, 5.41) is 17.3. The maximum absolute atomic E-state index is 12.0. The fourth-order valence-corrected chi connectivity index (χ4v) is 6.24. The summed E-state index contributed by atoms with van der Waals surface area (Å²) in [5.41, 5.74) is 8.67. The van der Waals surface area contributed by atoms with Crippen LogP contribution in [0.25, 0.3) is 22.6 Å². The van der Waals surface area contributed by atoms with Gasteiger partial charge in [0.15, 0.2) is 5.82 Å². The van der Waals surface area contributed by atoms with Gasteiger partial charge >= 0.3 is 0 Å². The molecule has 184 valence electrons. The maximum atomic E-state index is 12.0. The Hall–Kier alpha value is -4.42. The lowest BCUT2D eigenvalue weighted by molar-refractivity contribution is 0.590. The number of nitriles is 1. The van der Waals surface area contributed by atoms with Gasteiger partial charge in [-0.25, -0.2) is 36.5 Å². The predicted molar refractivity (Wildman–Crippen MR) is 131 cm³/mol. The van der Waals surface area contributed by atoms with Crippen LogP contribution in [0.1, 0.15) is 11.3 Å². The number of rotatable bonds is 7. The number of anilines is 2. The van der Waals surface area contributed by atoms with E-state index in [0.717, 1.165) is 12.5 Å². The summed E-state index contributed by atoms with van der Waals surface area (Å²) in [6.07, 6.45) is 3.14. The standard InChI is InChI=1S/C21H19N9O4S2/c1-35(31,32)30(36(2,33)34)20-8-4-7-16(24-20)12-29-13-19(27-28-29)18-10-17(25-21(23)26-18)15-6-3-5-14(9-15)11-22/h3-10,13H,12H2,1-2H3,(H2,23,25,26). The molecule has 2 N–H and O–H groups in total. The zero-order chi connectivity index (χ0) is 26.1. The van der Waals surface area contributed by atoms with Gasteiger partial charge in [-0.1, -0.05) is 23.4 Å². The van der Waals surface area contributed by atoms with Crippen LogP contribution in [0.3, 0.4) is 0 Å². The minimum absolute atomic E-state index is 0.00965. The molecule has 3 heterocycles. The second-order valence-electron chi connectivity index (χ2n) is 7.70. The molecule has 13 nitrogen and oxygen atoms in total. The topological polar surface area (TPSA) is 191 Å². The van der Waals surface area contributed by atoms with Gasteiger partial charge in [-0.2, -0.15) is 5.26 Å². The van der Waals surface area contributed by atoms with E-state index in [0.29, 0.717) is 33.9 Å². The highest BCUT2D eigenvalue weighted by Crippen LogP contribution is 2.24. The Morgan fingerprint density at radius 2 is 1.64 bits per heavy atom. The van der Waals surface area contributed by atoms with Crippen molar-refractivity contribution in [1.82, 2.24) is 29.9 Å². The van der Waals surface area contributed by atoms with Gasteiger partial charge < -0.3 is 5.73 Å². The van der Waals surface area contributed by atoms with Crippen molar-refractivity contribution in [1.29, 1.82) is 5.26 Å². The van der Waals surface area contributed by atoms with Crippen molar-refractivity contribution < 1.29 is 16.8 Å². The Kier molecular flexibility index (Phi) is 6.39. The molecule has 0 aliphatic carbocycles. The fraction of sp³-hybridized carbons (Fsp3) is 0.143. The van der Waals surface area contributed by atoms with Crippen molar-refractivity contribution in [2.45, 2.75) is 6.54 Å². The first-order valence-electron chi connectivity index (χ1n) is 10.2.